The number of para-hydroxylation sites is 1. The molecule has 1 N–H and O–H groups in total. The minimum Gasteiger partial charge on any atom is -0.463 e. The van der Waals surface area contributed by atoms with Gasteiger partial charge in [-0.25, -0.2) is 9.59 Å². The lowest BCUT2D eigenvalue weighted by molar-refractivity contribution is -0.123. The van der Waals surface area contributed by atoms with E-state index in [2.05, 4.69) is 34.5 Å². The van der Waals surface area contributed by atoms with Crippen molar-refractivity contribution in [3.05, 3.63) is 64.9 Å². The largest absolute Gasteiger partial charge is 0.463 e. The summed E-state index contributed by atoms with van der Waals surface area (Å²) in [5.74, 6) is -0.758. The number of aromatic nitrogens is 1. The minimum absolute atomic E-state index is 0.0128. The van der Waals surface area contributed by atoms with E-state index < -0.39 is 17.9 Å². The SMILES string of the molecule is CC[C@H](C)n1c(C)c(/C=C2\NC(=O)N(Cc3ccc(C(=O)OC)o3)C2=O)c2ccccc21. The van der Waals surface area contributed by atoms with Gasteiger partial charge >= 0.3 is 12.0 Å². The van der Waals surface area contributed by atoms with Gasteiger partial charge in [0.05, 0.1) is 13.7 Å². The summed E-state index contributed by atoms with van der Waals surface area (Å²) < 4.78 is 12.3. The highest BCUT2D eigenvalue weighted by Crippen LogP contribution is 2.32. The number of carbonyl (C=O) groups is 3. The van der Waals surface area contributed by atoms with Gasteiger partial charge in [-0.05, 0) is 44.5 Å². The molecule has 1 fully saturated rings. The van der Waals surface area contributed by atoms with Crippen LogP contribution in [-0.4, -0.2) is 34.5 Å². The number of benzene rings is 1. The van der Waals surface area contributed by atoms with Crippen LogP contribution in [0, 0.1) is 6.92 Å². The fourth-order valence-corrected chi connectivity index (χ4v) is 4.04. The molecule has 8 heteroatoms. The Kier molecular flexibility index (Phi) is 5.61. The average molecular weight is 435 g/mol. The third kappa shape index (κ3) is 3.57. The van der Waals surface area contributed by atoms with Crippen LogP contribution in [0.1, 0.15) is 53.9 Å². The van der Waals surface area contributed by atoms with Crippen molar-refractivity contribution < 1.29 is 23.5 Å². The maximum absolute atomic E-state index is 13.0. The Labute approximate surface area is 185 Å². The van der Waals surface area contributed by atoms with Crippen LogP contribution in [0.3, 0.4) is 0 Å². The Bertz CT molecular complexity index is 1250. The van der Waals surface area contributed by atoms with Gasteiger partial charge < -0.3 is 19.0 Å². The summed E-state index contributed by atoms with van der Waals surface area (Å²) in [4.78, 5) is 38.1. The number of fused-ring (bicyclic) bond motifs is 1. The number of amides is 3. The van der Waals surface area contributed by atoms with Crippen molar-refractivity contribution in [2.75, 3.05) is 7.11 Å². The lowest BCUT2D eigenvalue weighted by Crippen LogP contribution is -2.30. The van der Waals surface area contributed by atoms with Crippen LogP contribution in [0.2, 0.25) is 0 Å². The summed E-state index contributed by atoms with van der Waals surface area (Å²) >= 11 is 0. The molecule has 3 aromatic rings. The fourth-order valence-electron chi connectivity index (χ4n) is 4.04. The maximum Gasteiger partial charge on any atom is 0.373 e. The number of ether oxygens (including phenoxy) is 1. The van der Waals surface area contributed by atoms with Crippen LogP contribution in [-0.2, 0) is 16.1 Å². The second-order valence-corrected chi connectivity index (χ2v) is 7.78. The second-order valence-electron chi connectivity index (χ2n) is 7.78. The molecule has 1 aliphatic heterocycles. The molecule has 2 aromatic heterocycles. The summed E-state index contributed by atoms with van der Waals surface area (Å²) in [6, 6.07) is 10.8. The summed E-state index contributed by atoms with van der Waals surface area (Å²) in [6.45, 7) is 6.23. The summed E-state index contributed by atoms with van der Waals surface area (Å²) in [5.41, 5.74) is 3.22. The van der Waals surface area contributed by atoms with Crippen molar-refractivity contribution in [3.8, 4) is 0 Å². The number of rotatable bonds is 6. The number of imide groups is 1. The van der Waals surface area contributed by atoms with E-state index in [1.54, 1.807) is 12.1 Å². The zero-order valence-electron chi connectivity index (χ0n) is 18.5. The summed E-state index contributed by atoms with van der Waals surface area (Å²) in [7, 11) is 1.25. The number of hydrogen-bond acceptors (Lipinski definition) is 5. The molecule has 32 heavy (non-hydrogen) atoms. The van der Waals surface area contributed by atoms with Gasteiger partial charge in [-0.2, -0.15) is 0 Å². The van der Waals surface area contributed by atoms with Gasteiger partial charge in [-0.15, -0.1) is 0 Å². The van der Waals surface area contributed by atoms with E-state index >= 15 is 0 Å². The van der Waals surface area contributed by atoms with Crippen molar-refractivity contribution in [1.82, 2.24) is 14.8 Å². The number of hydrogen-bond donors (Lipinski definition) is 1. The Hall–Kier alpha value is -3.81. The first-order valence-electron chi connectivity index (χ1n) is 10.5. The van der Waals surface area contributed by atoms with Crippen LogP contribution in [0.25, 0.3) is 17.0 Å². The van der Waals surface area contributed by atoms with E-state index in [0.29, 0.717) is 11.8 Å². The molecule has 3 heterocycles. The Balaban J connectivity index is 1.66. The van der Waals surface area contributed by atoms with Gasteiger partial charge in [0, 0.05) is 28.2 Å². The number of urea groups is 1. The second kappa shape index (κ2) is 8.37. The molecule has 8 nitrogen and oxygen atoms in total. The monoisotopic (exact) mass is 435 g/mol. The molecule has 166 valence electrons. The molecule has 0 saturated carbocycles. The maximum atomic E-state index is 13.0. The van der Waals surface area contributed by atoms with E-state index in [1.807, 2.05) is 25.1 Å². The minimum atomic E-state index is -0.623. The highest BCUT2D eigenvalue weighted by atomic mass is 16.5. The molecule has 1 atom stereocenters. The highest BCUT2D eigenvalue weighted by molar-refractivity contribution is 6.14. The first-order valence-corrected chi connectivity index (χ1v) is 10.5. The predicted molar refractivity (Wildman–Crippen MR) is 119 cm³/mol. The van der Waals surface area contributed by atoms with E-state index in [1.165, 1.54) is 13.2 Å². The molecule has 1 saturated heterocycles. The predicted octanol–water partition coefficient (Wildman–Crippen LogP) is 4.39. The zero-order chi connectivity index (χ0) is 23.0. The molecule has 0 bridgehead atoms. The van der Waals surface area contributed by atoms with Crippen molar-refractivity contribution in [1.29, 1.82) is 0 Å². The number of nitrogens with one attached hydrogen (secondary N) is 1. The van der Waals surface area contributed by atoms with Gasteiger partial charge in [-0.3, -0.25) is 9.69 Å². The molecule has 0 radical (unpaired) electrons. The number of methoxy groups -OCH3 is 1. The first kappa shape index (κ1) is 21.4. The number of esters is 1. The molecule has 4 rings (SSSR count). The molecule has 0 unspecified atom stereocenters. The van der Waals surface area contributed by atoms with Crippen LogP contribution < -0.4 is 5.32 Å². The molecule has 3 amide bonds. The summed E-state index contributed by atoms with van der Waals surface area (Å²) in [5, 5.41) is 3.68. The van der Waals surface area contributed by atoms with Crippen molar-refractivity contribution in [2.45, 2.75) is 39.8 Å². The molecule has 0 spiro atoms. The Morgan fingerprint density at radius 3 is 2.69 bits per heavy atom. The standard InChI is InChI=1S/C24H25N3O5/c1-5-14(2)27-15(3)18(17-8-6-7-9-20(17)27)12-19-22(28)26(24(30)25-19)13-16-10-11-21(32-16)23(29)31-4/h6-12,14H,5,13H2,1-4H3,(H,25,30)/b19-12-/t14-/m0/s1. The van der Waals surface area contributed by atoms with E-state index in [4.69, 9.17) is 4.42 Å². The molecule has 1 aliphatic rings. The zero-order valence-corrected chi connectivity index (χ0v) is 18.5. The molecular formula is C24H25N3O5. The van der Waals surface area contributed by atoms with E-state index in [-0.39, 0.29) is 18.0 Å². The van der Waals surface area contributed by atoms with Gasteiger partial charge in [-0.1, -0.05) is 25.1 Å². The van der Waals surface area contributed by atoms with Crippen molar-refractivity contribution in [3.63, 3.8) is 0 Å². The third-order valence-corrected chi connectivity index (χ3v) is 5.85. The van der Waals surface area contributed by atoms with Crippen molar-refractivity contribution >= 4 is 34.9 Å². The van der Waals surface area contributed by atoms with Crippen LogP contribution in [0.4, 0.5) is 4.79 Å². The fraction of sp³-hybridized carbons (Fsp3) is 0.292. The van der Waals surface area contributed by atoms with Crippen molar-refractivity contribution in [2.24, 2.45) is 0 Å². The van der Waals surface area contributed by atoms with E-state index in [9.17, 15) is 14.4 Å². The van der Waals surface area contributed by atoms with Gasteiger partial charge in [0.1, 0.15) is 11.5 Å². The van der Waals surface area contributed by atoms with Gasteiger partial charge in [0.25, 0.3) is 5.91 Å². The number of nitrogens with zero attached hydrogens (tertiary/aromatic N) is 2. The average Bonchev–Trinajstić information content (AvgIpc) is 3.45. The van der Waals surface area contributed by atoms with Gasteiger partial charge in [0.2, 0.25) is 5.76 Å². The number of carbonyl (C=O) groups excluding carboxylic acids is 3. The van der Waals surface area contributed by atoms with E-state index in [0.717, 1.165) is 33.5 Å². The quantitative estimate of drug-likeness (QED) is 0.352. The Morgan fingerprint density at radius 1 is 1.22 bits per heavy atom. The molecular weight excluding hydrogens is 410 g/mol. The van der Waals surface area contributed by atoms with Crippen LogP contribution >= 0.6 is 0 Å². The Morgan fingerprint density at radius 2 is 1.97 bits per heavy atom. The summed E-state index contributed by atoms with van der Waals surface area (Å²) in [6.07, 6.45) is 2.70. The highest BCUT2D eigenvalue weighted by Gasteiger charge is 2.35. The lowest BCUT2D eigenvalue weighted by atomic mass is 10.1. The van der Waals surface area contributed by atoms with Crippen LogP contribution in [0.5, 0.6) is 0 Å². The molecule has 0 aliphatic carbocycles. The lowest BCUT2D eigenvalue weighted by Gasteiger charge is -2.15. The third-order valence-electron chi connectivity index (χ3n) is 5.85. The van der Waals surface area contributed by atoms with Gasteiger partial charge in [0.15, 0.2) is 0 Å². The van der Waals surface area contributed by atoms with Crippen LogP contribution in [0.15, 0.2) is 46.5 Å². The smallest absolute Gasteiger partial charge is 0.373 e. The number of furan rings is 1. The topological polar surface area (TPSA) is 93.8 Å². The normalized spacial score (nSPS) is 16.1. The first-order chi connectivity index (χ1) is 15.3. The molecule has 1 aromatic carbocycles.